The van der Waals surface area contributed by atoms with Crippen molar-refractivity contribution < 1.29 is 14.7 Å². The molecule has 0 saturated carbocycles. The molecule has 0 fully saturated rings. The van der Waals surface area contributed by atoms with Crippen LogP contribution in [-0.2, 0) is 9.59 Å². The van der Waals surface area contributed by atoms with Gasteiger partial charge in [-0.25, -0.2) is 0 Å². The van der Waals surface area contributed by atoms with E-state index in [0.717, 1.165) is 0 Å². The zero-order valence-electron chi connectivity index (χ0n) is 9.27. The van der Waals surface area contributed by atoms with Crippen molar-refractivity contribution in [2.24, 2.45) is 0 Å². The smallest absolute Gasteiger partial charge is 0.303 e. The van der Waals surface area contributed by atoms with Crippen LogP contribution in [0.25, 0.3) is 0 Å². The minimum absolute atomic E-state index is 0.00972. The molecule has 1 amide bonds. The summed E-state index contributed by atoms with van der Waals surface area (Å²) >= 11 is 0. The van der Waals surface area contributed by atoms with Gasteiger partial charge in [-0.05, 0) is 18.6 Å². The van der Waals surface area contributed by atoms with Crippen molar-refractivity contribution in [3.63, 3.8) is 0 Å². The van der Waals surface area contributed by atoms with Crippen molar-refractivity contribution >= 4 is 17.6 Å². The summed E-state index contributed by atoms with van der Waals surface area (Å²) in [7, 11) is 0. The van der Waals surface area contributed by atoms with Gasteiger partial charge in [-0.1, -0.05) is 18.1 Å². The first-order valence-electron chi connectivity index (χ1n) is 5.20. The molecule has 1 aromatic rings. The third kappa shape index (κ3) is 4.39. The van der Waals surface area contributed by atoms with Crippen LogP contribution in [0.2, 0.25) is 0 Å². The third-order valence-electron chi connectivity index (χ3n) is 2.15. The fourth-order valence-electron chi connectivity index (χ4n) is 1.33. The number of terminal acetylenes is 1. The highest BCUT2D eigenvalue weighted by Gasteiger charge is 2.06. The van der Waals surface area contributed by atoms with E-state index in [4.69, 9.17) is 11.5 Å². The quantitative estimate of drug-likeness (QED) is 0.760. The van der Waals surface area contributed by atoms with Crippen LogP contribution in [0.3, 0.4) is 0 Å². The normalized spacial score (nSPS) is 9.35. The second-order valence-electron chi connectivity index (χ2n) is 3.49. The zero-order valence-corrected chi connectivity index (χ0v) is 9.27. The monoisotopic (exact) mass is 231 g/mol. The maximum Gasteiger partial charge on any atom is 0.303 e. The summed E-state index contributed by atoms with van der Waals surface area (Å²) in [5.41, 5.74) is 1.19. The van der Waals surface area contributed by atoms with Crippen molar-refractivity contribution in [3.05, 3.63) is 29.8 Å². The third-order valence-corrected chi connectivity index (χ3v) is 2.15. The molecule has 0 aliphatic rings. The Bertz CT molecular complexity index is 460. The van der Waals surface area contributed by atoms with Crippen LogP contribution >= 0.6 is 0 Å². The number of aliphatic carboxylic acids is 1. The molecule has 0 aliphatic heterocycles. The Kier molecular flexibility index (Phi) is 4.77. The van der Waals surface area contributed by atoms with Crippen molar-refractivity contribution in [1.82, 2.24) is 0 Å². The topological polar surface area (TPSA) is 66.4 Å². The van der Waals surface area contributed by atoms with Crippen LogP contribution in [0.15, 0.2) is 24.3 Å². The molecule has 0 heterocycles. The number of nitrogens with one attached hydrogen (secondary N) is 1. The van der Waals surface area contributed by atoms with Crippen molar-refractivity contribution in [1.29, 1.82) is 0 Å². The standard InChI is InChI=1S/C13H13NO3/c1-2-10-6-3-4-7-11(10)14-12(15)8-5-9-13(16)17/h1,3-4,6-7H,5,8-9H2,(H,14,15)(H,16,17). The summed E-state index contributed by atoms with van der Waals surface area (Å²) in [6.45, 7) is 0. The lowest BCUT2D eigenvalue weighted by Gasteiger charge is -2.06. The summed E-state index contributed by atoms with van der Waals surface area (Å²) in [5, 5.41) is 11.1. The van der Waals surface area contributed by atoms with Crippen LogP contribution < -0.4 is 5.32 Å². The van der Waals surface area contributed by atoms with Crippen LogP contribution in [0, 0.1) is 12.3 Å². The number of carbonyl (C=O) groups is 2. The number of hydrogen-bond acceptors (Lipinski definition) is 2. The van der Waals surface area contributed by atoms with Crippen LogP contribution in [0.1, 0.15) is 24.8 Å². The van der Waals surface area contributed by atoms with E-state index in [1.165, 1.54) is 0 Å². The molecule has 0 spiro atoms. The summed E-state index contributed by atoms with van der Waals surface area (Å²) in [6, 6.07) is 7.00. The number of anilines is 1. The first-order chi connectivity index (χ1) is 8.13. The number of carboxylic acids is 1. The zero-order chi connectivity index (χ0) is 12.7. The number of amides is 1. The van der Waals surface area contributed by atoms with Gasteiger partial charge < -0.3 is 10.4 Å². The van der Waals surface area contributed by atoms with Crippen molar-refractivity contribution in [2.45, 2.75) is 19.3 Å². The van der Waals surface area contributed by atoms with Gasteiger partial charge in [0.2, 0.25) is 5.91 Å². The van der Waals surface area contributed by atoms with E-state index >= 15 is 0 Å². The average Bonchev–Trinajstić information content (AvgIpc) is 2.29. The summed E-state index contributed by atoms with van der Waals surface area (Å²) in [5.74, 6) is 1.34. The molecule has 0 bridgehead atoms. The Morgan fingerprint density at radius 1 is 1.29 bits per heavy atom. The second-order valence-corrected chi connectivity index (χ2v) is 3.49. The van der Waals surface area contributed by atoms with Gasteiger partial charge in [0, 0.05) is 18.4 Å². The highest BCUT2D eigenvalue weighted by atomic mass is 16.4. The SMILES string of the molecule is C#Cc1ccccc1NC(=O)CCCC(=O)O. The average molecular weight is 231 g/mol. The number of carboxylic acid groups (broad SMARTS) is 1. The second kappa shape index (κ2) is 6.33. The summed E-state index contributed by atoms with van der Waals surface area (Å²) in [4.78, 5) is 21.8. The Hall–Kier alpha value is -2.28. The van der Waals surface area contributed by atoms with E-state index in [1.54, 1.807) is 24.3 Å². The van der Waals surface area contributed by atoms with E-state index in [2.05, 4.69) is 11.2 Å². The van der Waals surface area contributed by atoms with Gasteiger partial charge >= 0.3 is 5.97 Å². The van der Waals surface area contributed by atoms with Gasteiger partial charge in [-0.2, -0.15) is 0 Å². The first-order valence-corrected chi connectivity index (χ1v) is 5.20. The van der Waals surface area contributed by atoms with Crippen LogP contribution in [0.5, 0.6) is 0 Å². The van der Waals surface area contributed by atoms with E-state index in [9.17, 15) is 9.59 Å². The molecule has 88 valence electrons. The minimum Gasteiger partial charge on any atom is -0.481 e. The Morgan fingerprint density at radius 3 is 2.65 bits per heavy atom. The highest BCUT2D eigenvalue weighted by Crippen LogP contribution is 2.14. The number of para-hydroxylation sites is 1. The van der Waals surface area contributed by atoms with Gasteiger partial charge in [0.25, 0.3) is 0 Å². The van der Waals surface area contributed by atoms with Crippen molar-refractivity contribution in [3.8, 4) is 12.3 Å². The molecule has 0 unspecified atom stereocenters. The molecule has 0 aliphatic carbocycles. The fraction of sp³-hybridized carbons (Fsp3) is 0.231. The predicted octanol–water partition coefficient (Wildman–Crippen LogP) is 1.86. The highest BCUT2D eigenvalue weighted by molar-refractivity contribution is 5.92. The Morgan fingerprint density at radius 2 is 2.00 bits per heavy atom. The van der Waals surface area contributed by atoms with Gasteiger partial charge in [0.1, 0.15) is 0 Å². The van der Waals surface area contributed by atoms with E-state index in [-0.39, 0.29) is 18.7 Å². The molecule has 1 rings (SSSR count). The Labute approximate surface area is 99.7 Å². The molecule has 17 heavy (non-hydrogen) atoms. The molecule has 0 aromatic heterocycles. The summed E-state index contributed by atoms with van der Waals surface area (Å²) in [6.07, 6.45) is 5.77. The maximum absolute atomic E-state index is 11.5. The van der Waals surface area contributed by atoms with E-state index in [1.807, 2.05) is 0 Å². The molecular weight excluding hydrogens is 218 g/mol. The van der Waals surface area contributed by atoms with Gasteiger partial charge in [0.05, 0.1) is 5.69 Å². The minimum atomic E-state index is -0.901. The van der Waals surface area contributed by atoms with Gasteiger partial charge in [-0.15, -0.1) is 6.42 Å². The molecule has 2 N–H and O–H groups in total. The molecule has 4 heteroatoms. The van der Waals surface area contributed by atoms with Crippen LogP contribution in [0.4, 0.5) is 5.69 Å². The number of benzene rings is 1. The Balaban J connectivity index is 2.51. The van der Waals surface area contributed by atoms with Crippen molar-refractivity contribution in [2.75, 3.05) is 5.32 Å². The van der Waals surface area contributed by atoms with Gasteiger partial charge in [0.15, 0.2) is 0 Å². The predicted molar refractivity (Wildman–Crippen MR) is 64.5 cm³/mol. The molecule has 0 saturated heterocycles. The number of rotatable bonds is 5. The number of carbonyl (C=O) groups excluding carboxylic acids is 1. The lowest BCUT2D eigenvalue weighted by Crippen LogP contribution is -2.12. The number of hydrogen-bond donors (Lipinski definition) is 2. The first kappa shape index (κ1) is 12.8. The molecule has 0 radical (unpaired) electrons. The van der Waals surface area contributed by atoms with Crippen LogP contribution in [-0.4, -0.2) is 17.0 Å². The maximum atomic E-state index is 11.5. The van der Waals surface area contributed by atoms with E-state index in [0.29, 0.717) is 17.7 Å². The molecular formula is C13H13NO3. The molecule has 4 nitrogen and oxygen atoms in total. The van der Waals surface area contributed by atoms with E-state index < -0.39 is 5.97 Å². The summed E-state index contributed by atoms with van der Waals surface area (Å²) < 4.78 is 0. The lowest BCUT2D eigenvalue weighted by molar-refractivity contribution is -0.137. The lowest BCUT2D eigenvalue weighted by atomic mass is 10.1. The fourth-order valence-corrected chi connectivity index (χ4v) is 1.33. The van der Waals surface area contributed by atoms with Gasteiger partial charge in [-0.3, -0.25) is 9.59 Å². The molecule has 0 atom stereocenters. The largest absolute Gasteiger partial charge is 0.481 e. The molecule has 1 aromatic carbocycles.